The summed E-state index contributed by atoms with van der Waals surface area (Å²) in [5.74, 6) is -0.677. The Balaban J connectivity index is 0.00000144. The van der Waals surface area contributed by atoms with Gasteiger partial charge in [0.2, 0.25) is 5.75 Å². The van der Waals surface area contributed by atoms with Crippen molar-refractivity contribution in [2.75, 3.05) is 0 Å². The van der Waals surface area contributed by atoms with Crippen molar-refractivity contribution in [3.63, 3.8) is 0 Å². The van der Waals surface area contributed by atoms with Gasteiger partial charge in [-0.25, -0.2) is 4.79 Å². The van der Waals surface area contributed by atoms with Gasteiger partial charge in [-0.3, -0.25) is 10.1 Å². The standard InChI is InChI=1S/C9H4BrNO5.Na/c10-4-1-2-5-6(3-4)16-9(13)7(8(5)12)11(14)15;/h1-3,12H;/q;+1. The third kappa shape index (κ3) is 2.52. The van der Waals surface area contributed by atoms with E-state index in [1.807, 2.05) is 0 Å². The van der Waals surface area contributed by atoms with E-state index in [4.69, 9.17) is 4.42 Å². The van der Waals surface area contributed by atoms with E-state index in [9.17, 15) is 20.0 Å². The average Bonchev–Trinajstić information content (AvgIpc) is 2.15. The number of rotatable bonds is 1. The summed E-state index contributed by atoms with van der Waals surface area (Å²) in [4.78, 5) is 20.8. The van der Waals surface area contributed by atoms with Crippen molar-refractivity contribution >= 4 is 32.6 Å². The van der Waals surface area contributed by atoms with Gasteiger partial charge in [0.15, 0.2) is 0 Å². The Hall–Kier alpha value is -0.890. The molecule has 0 amide bonds. The monoisotopic (exact) mass is 308 g/mol. The van der Waals surface area contributed by atoms with Crippen molar-refractivity contribution in [1.82, 2.24) is 0 Å². The number of hydrogen-bond acceptors (Lipinski definition) is 5. The third-order valence-electron chi connectivity index (χ3n) is 2.00. The van der Waals surface area contributed by atoms with Crippen molar-refractivity contribution in [3.05, 3.63) is 43.2 Å². The molecule has 2 rings (SSSR count). The molecule has 6 nitrogen and oxygen atoms in total. The van der Waals surface area contributed by atoms with Crippen LogP contribution in [0.3, 0.4) is 0 Å². The Bertz CT molecular complexity index is 654. The van der Waals surface area contributed by atoms with E-state index in [1.54, 1.807) is 6.07 Å². The van der Waals surface area contributed by atoms with Crippen LogP contribution in [0.4, 0.5) is 5.69 Å². The summed E-state index contributed by atoms with van der Waals surface area (Å²) in [5, 5.41) is 20.2. The molecule has 0 aliphatic heterocycles. The number of nitro groups is 1. The van der Waals surface area contributed by atoms with Crippen LogP contribution < -0.4 is 35.2 Å². The van der Waals surface area contributed by atoms with Crippen LogP contribution in [0.1, 0.15) is 0 Å². The molecule has 8 heteroatoms. The maximum absolute atomic E-state index is 11.2. The summed E-state index contributed by atoms with van der Waals surface area (Å²) in [7, 11) is 0. The van der Waals surface area contributed by atoms with E-state index in [-0.39, 0.29) is 40.5 Å². The topological polar surface area (TPSA) is 93.6 Å². The van der Waals surface area contributed by atoms with E-state index >= 15 is 0 Å². The van der Waals surface area contributed by atoms with E-state index in [1.165, 1.54) is 12.1 Å². The minimum Gasteiger partial charge on any atom is -0.501 e. The molecule has 0 aliphatic carbocycles. The van der Waals surface area contributed by atoms with Crippen LogP contribution in [0.25, 0.3) is 11.0 Å². The zero-order chi connectivity index (χ0) is 11.9. The fourth-order valence-corrected chi connectivity index (χ4v) is 1.65. The van der Waals surface area contributed by atoms with Crippen LogP contribution in [0.15, 0.2) is 31.9 Å². The van der Waals surface area contributed by atoms with Crippen LogP contribution >= 0.6 is 15.9 Å². The molecule has 17 heavy (non-hydrogen) atoms. The molecule has 0 radical (unpaired) electrons. The first-order valence-corrected chi connectivity index (χ1v) is 4.89. The van der Waals surface area contributed by atoms with Crippen molar-refractivity contribution in [2.45, 2.75) is 0 Å². The van der Waals surface area contributed by atoms with Gasteiger partial charge in [-0.15, -0.1) is 0 Å². The number of aromatic hydroxyl groups is 1. The number of hydrogen-bond donors (Lipinski definition) is 1. The number of benzene rings is 1. The summed E-state index contributed by atoms with van der Waals surface area (Å²) in [6.07, 6.45) is 0. The second kappa shape index (κ2) is 5.18. The van der Waals surface area contributed by atoms with Crippen molar-refractivity contribution < 1.29 is 44.0 Å². The Morgan fingerprint density at radius 2 is 2.06 bits per heavy atom. The van der Waals surface area contributed by atoms with Gasteiger partial charge in [0.25, 0.3) is 0 Å². The fraction of sp³-hybridized carbons (Fsp3) is 0. The molecule has 1 aromatic carbocycles. The van der Waals surface area contributed by atoms with Crippen molar-refractivity contribution in [3.8, 4) is 5.75 Å². The number of nitrogens with zero attached hydrogens (tertiary/aromatic N) is 1. The molecule has 2 aromatic rings. The Labute approximate surface area is 125 Å². The SMILES string of the molecule is O=c1oc2cc(Br)ccc2c(O)c1[N+](=O)[O-].[Na+]. The summed E-state index contributed by atoms with van der Waals surface area (Å²) in [6, 6.07) is 4.44. The molecule has 0 atom stereocenters. The van der Waals surface area contributed by atoms with E-state index in [0.29, 0.717) is 4.47 Å². The fourth-order valence-electron chi connectivity index (χ4n) is 1.31. The van der Waals surface area contributed by atoms with Crippen LogP contribution in [0.2, 0.25) is 0 Å². The van der Waals surface area contributed by atoms with Crippen LogP contribution in [0, 0.1) is 10.1 Å². The van der Waals surface area contributed by atoms with Gasteiger partial charge in [0.1, 0.15) is 5.58 Å². The minimum atomic E-state index is -1.17. The van der Waals surface area contributed by atoms with E-state index < -0.39 is 22.0 Å². The molecule has 0 aliphatic rings. The Morgan fingerprint density at radius 3 is 2.65 bits per heavy atom. The number of fused-ring (bicyclic) bond motifs is 1. The molecule has 1 aromatic heterocycles. The maximum Gasteiger partial charge on any atom is 1.00 e. The summed E-state index contributed by atoms with van der Waals surface area (Å²) < 4.78 is 5.36. The molecule has 0 fully saturated rings. The van der Waals surface area contributed by atoms with E-state index in [0.717, 1.165) is 0 Å². The molecule has 0 saturated heterocycles. The molecule has 0 unspecified atom stereocenters. The summed E-state index contributed by atoms with van der Waals surface area (Å²) >= 11 is 3.15. The Morgan fingerprint density at radius 1 is 1.41 bits per heavy atom. The largest absolute Gasteiger partial charge is 1.00 e. The van der Waals surface area contributed by atoms with Gasteiger partial charge in [-0.2, -0.15) is 0 Å². The predicted molar refractivity (Wildman–Crippen MR) is 58.5 cm³/mol. The van der Waals surface area contributed by atoms with Gasteiger partial charge in [0, 0.05) is 4.47 Å². The zero-order valence-electron chi connectivity index (χ0n) is 8.64. The second-order valence-corrected chi connectivity index (χ2v) is 3.90. The van der Waals surface area contributed by atoms with Crippen LogP contribution in [0.5, 0.6) is 5.75 Å². The average molecular weight is 309 g/mol. The molecule has 1 N–H and O–H groups in total. The summed E-state index contributed by atoms with van der Waals surface area (Å²) in [5.41, 5.74) is -2.04. The third-order valence-corrected chi connectivity index (χ3v) is 2.49. The summed E-state index contributed by atoms with van der Waals surface area (Å²) in [6.45, 7) is 0. The molecular weight excluding hydrogens is 305 g/mol. The Kier molecular flexibility index (Phi) is 4.31. The molecule has 0 bridgehead atoms. The molecule has 82 valence electrons. The van der Waals surface area contributed by atoms with Crippen LogP contribution in [-0.2, 0) is 0 Å². The van der Waals surface area contributed by atoms with Gasteiger partial charge < -0.3 is 9.52 Å². The molecule has 0 spiro atoms. The van der Waals surface area contributed by atoms with Crippen molar-refractivity contribution in [1.29, 1.82) is 0 Å². The smallest absolute Gasteiger partial charge is 0.501 e. The first-order valence-electron chi connectivity index (χ1n) is 4.10. The maximum atomic E-state index is 11.2. The van der Waals surface area contributed by atoms with Gasteiger partial charge in [-0.1, -0.05) is 15.9 Å². The first kappa shape index (κ1) is 14.2. The number of halogens is 1. The van der Waals surface area contributed by atoms with Gasteiger partial charge in [0.05, 0.1) is 10.3 Å². The van der Waals surface area contributed by atoms with Gasteiger partial charge in [-0.05, 0) is 18.2 Å². The second-order valence-electron chi connectivity index (χ2n) is 2.98. The first-order chi connectivity index (χ1) is 7.50. The predicted octanol–water partition coefficient (Wildman–Crippen LogP) is -0.827. The quantitative estimate of drug-likeness (QED) is 0.321. The zero-order valence-corrected chi connectivity index (χ0v) is 12.2. The van der Waals surface area contributed by atoms with E-state index in [2.05, 4.69) is 15.9 Å². The van der Waals surface area contributed by atoms with Crippen LogP contribution in [-0.4, -0.2) is 10.0 Å². The molecular formula is C9H4BrNNaO5+. The molecule has 1 heterocycles. The minimum absolute atomic E-state index is 0. The van der Waals surface area contributed by atoms with Crippen molar-refractivity contribution in [2.24, 2.45) is 0 Å². The normalized spacial score (nSPS) is 9.94. The molecule has 0 saturated carbocycles. The van der Waals surface area contributed by atoms with Gasteiger partial charge >= 0.3 is 40.9 Å².